The van der Waals surface area contributed by atoms with Crippen LogP contribution in [-0.4, -0.2) is 150 Å². The van der Waals surface area contributed by atoms with Crippen molar-refractivity contribution in [1.82, 2.24) is 4.90 Å². The predicted molar refractivity (Wildman–Crippen MR) is 275 cm³/mol. The normalized spacial score (nSPS) is 37.4. The van der Waals surface area contributed by atoms with E-state index >= 15 is 0 Å². The molecule has 0 radical (unpaired) electrons. The Kier molecular flexibility index (Phi) is 23.9. The fourth-order valence-electron chi connectivity index (χ4n) is 10.8. The Balaban J connectivity index is 1.69. The van der Waals surface area contributed by atoms with Crippen LogP contribution in [0.4, 0.5) is 0 Å². The van der Waals surface area contributed by atoms with Crippen LogP contribution in [0.25, 0.3) is 0 Å². The van der Waals surface area contributed by atoms with E-state index in [1.165, 1.54) is 26.0 Å². The predicted octanol–water partition coefficient (Wildman–Crippen LogP) is 6.71. The standard InChI is InChI=1S/C57H89NO15/c1-34-18-14-13-15-19-35(2)47(68-10)30-43-23-21-40(7)57(67,73-43)52(63)53(64)58-25-17-16-20-44(58)54(65)71-48(31-45(61)37(4)27-39(6)50(62)51(70-12)41(8)36(3)26-34)38(5)28-42-22-24-46(49(29-42)69-11)72-55(66)56(9,32-59)33-60/h13-15,18-19,27,34,36-38,40,42-44,46-51,59-60,62,67H,8,16-17,20-26,28-33H2,1-7,9-12H3/b15-13+,18-14+,35-19+,39-27+/t34-,36-,37-,38-,40-,42+,43+,44+,46-,47+,48+,49-,50-,51+,57-/m1/s1. The third-order valence-corrected chi connectivity index (χ3v) is 16.1. The van der Waals surface area contributed by atoms with Gasteiger partial charge in [-0.3, -0.25) is 19.2 Å². The smallest absolute Gasteiger partial charge is 0.329 e. The molecule has 1 amide bonds. The fourth-order valence-corrected chi connectivity index (χ4v) is 10.8. The molecule has 4 rings (SSSR count). The second-order valence-electron chi connectivity index (χ2n) is 22.0. The van der Waals surface area contributed by atoms with Crippen molar-refractivity contribution >= 4 is 29.4 Å². The van der Waals surface area contributed by atoms with Gasteiger partial charge in [0.05, 0.1) is 31.5 Å². The quantitative estimate of drug-likeness (QED) is 0.101. The molecule has 4 N–H and O–H groups in total. The lowest BCUT2D eigenvalue weighted by atomic mass is 9.78. The van der Waals surface area contributed by atoms with Gasteiger partial charge in [-0.1, -0.05) is 77.7 Å². The SMILES string of the molecule is C=C1[C@H](C)C[C@H](C)/C=C/C=C/C=C(\C)[C@@H](OC)C[C@@H]2CC[C@@H](C)[C@@](O)(O2)C(=O)C(=O)N2CCCC[C@H]2C(=O)O[C@H]([C@H](C)C[C@@H]2CC[C@@H](OC(=O)C(C)(CO)CO)[C@H](OC)C2)CC(=O)[C@H](C)/C=C(\C)[C@@H](O)[C@H]1OC. The molecule has 15 atom stereocenters. The van der Waals surface area contributed by atoms with Crippen LogP contribution in [0.5, 0.6) is 0 Å². The molecule has 3 fully saturated rings. The summed E-state index contributed by atoms with van der Waals surface area (Å²) in [4.78, 5) is 71.8. The van der Waals surface area contributed by atoms with Crippen LogP contribution < -0.4 is 0 Å². The van der Waals surface area contributed by atoms with Gasteiger partial charge in [-0.2, -0.15) is 0 Å². The first-order valence-corrected chi connectivity index (χ1v) is 26.5. The highest BCUT2D eigenvalue weighted by Gasteiger charge is 2.53. The van der Waals surface area contributed by atoms with E-state index in [0.29, 0.717) is 63.4 Å². The topological polar surface area (TPSA) is 225 Å². The molecule has 3 aliphatic heterocycles. The number of ether oxygens (including phenoxy) is 6. The summed E-state index contributed by atoms with van der Waals surface area (Å²) in [5, 5.41) is 43.3. The second kappa shape index (κ2) is 28.3. The van der Waals surface area contributed by atoms with E-state index in [-0.39, 0.29) is 42.9 Å². The zero-order chi connectivity index (χ0) is 54.4. The Hall–Kier alpha value is -3.87. The van der Waals surface area contributed by atoms with E-state index in [9.17, 15) is 44.4 Å². The van der Waals surface area contributed by atoms with Gasteiger partial charge in [-0.15, -0.1) is 0 Å². The summed E-state index contributed by atoms with van der Waals surface area (Å²) in [7, 11) is 4.62. The fraction of sp³-hybridized carbons (Fsp3) is 0.737. The van der Waals surface area contributed by atoms with Gasteiger partial charge in [0.25, 0.3) is 11.7 Å². The number of fused-ring (bicyclic) bond motifs is 3. The Bertz CT molecular complexity index is 2010. The first-order chi connectivity index (χ1) is 34.5. The van der Waals surface area contributed by atoms with E-state index in [1.54, 1.807) is 34.0 Å². The van der Waals surface area contributed by atoms with E-state index < -0.39 is 115 Å². The van der Waals surface area contributed by atoms with E-state index in [2.05, 4.69) is 19.6 Å². The lowest BCUT2D eigenvalue weighted by Gasteiger charge is -2.42. The van der Waals surface area contributed by atoms with Crippen molar-refractivity contribution in [2.45, 2.75) is 187 Å². The zero-order valence-electron chi connectivity index (χ0n) is 45.6. The van der Waals surface area contributed by atoms with Crippen molar-refractivity contribution in [2.24, 2.45) is 40.9 Å². The Morgan fingerprint density at radius 2 is 1.59 bits per heavy atom. The molecule has 0 aromatic heterocycles. The van der Waals surface area contributed by atoms with E-state index in [1.807, 2.05) is 45.1 Å². The third kappa shape index (κ3) is 16.1. The minimum atomic E-state index is -2.45. The van der Waals surface area contributed by atoms with Crippen LogP contribution in [0.2, 0.25) is 0 Å². The molecule has 2 bridgehead atoms. The van der Waals surface area contributed by atoms with Crippen molar-refractivity contribution in [3.8, 4) is 0 Å². The Morgan fingerprint density at radius 1 is 0.890 bits per heavy atom. The van der Waals surface area contributed by atoms with E-state index in [4.69, 9.17) is 28.4 Å². The second-order valence-corrected chi connectivity index (χ2v) is 22.0. The Morgan fingerprint density at radius 3 is 2.23 bits per heavy atom. The number of nitrogens with zero attached hydrogens (tertiary/aromatic N) is 1. The highest BCUT2D eigenvalue weighted by atomic mass is 16.6. The van der Waals surface area contributed by atoms with Gasteiger partial charge in [0.15, 0.2) is 0 Å². The molecule has 73 heavy (non-hydrogen) atoms. The van der Waals surface area contributed by atoms with Crippen LogP contribution in [0, 0.1) is 40.9 Å². The average Bonchev–Trinajstić information content (AvgIpc) is 3.37. The Labute approximate surface area is 434 Å². The summed E-state index contributed by atoms with van der Waals surface area (Å²) < 4.78 is 35.8. The van der Waals surface area contributed by atoms with Crippen molar-refractivity contribution in [3.63, 3.8) is 0 Å². The zero-order valence-corrected chi connectivity index (χ0v) is 45.6. The van der Waals surface area contributed by atoms with Crippen molar-refractivity contribution < 1.29 is 72.8 Å². The number of methoxy groups -OCH3 is 3. The van der Waals surface area contributed by atoms with Gasteiger partial charge in [-0.25, -0.2) is 4.79 Å². The number of hydrogen-bond donors (Lipinski definition) is 4. The number of cyclic esters (lactones) is 1. The van der Waals surface area contributed by atoms with Crippen LogP contribution in [-0.2, 0) is 52.4 Å². The number of esters is 2. The number of amides is 1. The molecule has 0 aromatic carbocycles. The van der Waals surface area contributed by atoms with Gasteiger partial charge in [0.1, 0.15) is 41.7 Å². The van der Waals surface area contributed by atoms with Crippen molar-refractivity contribution in [2.75, 3.05) is 41.1 Å². The number of carbonyl (C=O) groups excluding carboxylic acids is 5. The minimum Gasteiger partial charge on any atom is -0.460 e. The first-order valence-electron chi connectivity index (χ1n) is 26.5. The summed E-state index contributed by atoms with van der Waals surface area (Å²) in [6, 6.07) is -1.18. The molecule has 16 nitrogen and oxygen atoms in total. The summed E-state index contributed by atoms with van der Waals surface area (Å²) in [5.41, 5.74) is 0.644. The highest BCUT2D eigenvalue weighted by molar-refractivity contribution is 6.39. The molecule has 1 saturated carbocycles. The lowest BCUT2D eigenvalue weighted by Crippen LogP contribution is -2.61. The molecule has 4 aliphatic rings. The van der Waals surface area contributed by atoms with Crippen molar-refractivity contribution in [1.29, 1.82) is 0 Å². The van der Waals surface area contributed by atoms with Crippen LogP contribution in [0.3, 0.4) is 0 Å². The average molecular weight is 1030 g/mol. The number of rotatable bonds is 10. The molecular formula is C57H89NO15. The first kappa shape index (κ1) is 61.7. The van der Waals surface area contributed by atoms with Crippen LogP contribution >= 0.6 is 0 Å². The maximum absolute atomic E-state index is 14.6. The number of aliphatic hydroxyl groups excluding tert-OH is 3. The molecular weight excluding hydrogens is 939 g/mol. The number of aliphatic hydroxyl groups is 4. The maximum Gasteiger partial charge on any atom is 0.329 e. The molecule has 2 saturated heterocycles. The number of hydrogen-bond acceptors (Lipinski definition) is 15. The van der Waals surface area contributed by atoms with Gasteiger partial charge in [0, 0.05) is 52.6 Å². The summed E-state index contributed by atoms with van der Waals surface area (Å²) in [5.74, 6) is -8.17. The van der Waals surface area contributed by atoms with E-state index in [0.717, 1.165) is 17.6 Å². The molecule has 0 unspecified atom stereocenters. The van der Waals surface area contributed by atoms with Gasteiger partial charge in [0.2, 0.25) is 5.79 Å². The lowest BCUT2D eigenvalue weighted by molar-refractivity contribution is -0.265. The highest BCUT2D eigenvalue weighted by Crippen LogP contribution is 2.39. The summed E-state index contributed by atoms with van der Waals surface area (Å²) in [6.45, 7) is 17.7. The number of piperidine rings is 1. The number of ketones is 2. The number of carbonyl (C=O) groups is 5. The number of Topliss-reactive ketones (excluding diaryl/α,β-unsaturated/α-hetero) is 2. The summed E-state index contributed by atoms with van der Waals surface area (Å²) >= 11 is 0. The molecule has 3 heterocycles. The minimum absolute atomic E-state index is 0.0149. The number of allylic oxidation sites excluding steroid dienone is 6. The maximum atomic E-state index is 14.6. The molecule has 1 aliphatic carbocycles. The van der Waals surface area contributed by atoms with Gasteiger partial charge >= 0.3 is 11.9 Å². The molecule has 412 valence electrons. The largest absolute Gasteiger partial charge is 0.460 e. The van der Waals surface area contributed by atoms with Gasteiger partial charge in [-0.05, 0) is 125 Å². The molecule has 0 aromatic rings. The van der Waals surface area contributed by atoms with Crippen LogP contribution in [0.1, 0.15) is 132 Å². The summed E-state index contributed by atoms with van der Waals surface area (Å²) in [6.07, 6.45) is 11.5. The monoisotopic (exact) mass is 1030 g/mol. The third-order valence-electron chi connectivity index (χ3n) is 16.1. The van der Waals surface area contributed by atoms with Crippen molar-refractivity contribution in [3.05, 3.63) is 59.8 Å². The van der Waals surface area contributed by atoms with Gasteiger partial charge < -0.3 is 53.7 Å². The van der Waals surface area contributed by atoms with Crippen LogP contribution in [0.15, 0.2) is 59.8 Å². The molecule has 16 heteroatoms. The molecule has 0 spiro atoms.